The molecule has 0 unspecified atom stereocenters. The molecule has 0 fully saturated rings. The Morgan fingerprint density at radius 3 is 2.95 bits per heavy atom. The minimum Gasteiger partial charge on any atom is -0.399 e. The average molecular weight is 303 g/mol. The minimum absolute atomic E-state index is 0.0413. The lowest BCUT2D eigenvalue weighted by Crippen LogP contribution is -2.10. The van der Waals surface area contributed by atoms with E-state index in [2.05, 4.69) is 17.2 Å². The number of hydrogen-bond acceptors (Lipinski definition) is 4. The number of aromatic nitrogens is 1. The van der Waals surface area contributed by atoms with E-state index in [0.29, 0.717) is 17.2 Å². The summed E-state index contributed by atoms with van der Waals surface area (Å²) in [7, 11) is 0. The van der Waals surface area contributed by atoms with Gasteiger partial charge in [-0.2, -0.15) is 0 Å². The number of nitrogens with two attached hydrogens (primary N) is 1. The molecule has 2 aromatic rings. The van der Waals surface area contributed by atoms with Gasteiger partial charge in [0.15, 0.2) is 5.13 Å². The molecule has 4 nitrogen and oxygen atoms in total. The highest BCUT2D eigenvalue weighted by Gasteiger charge is 2.08. The molecule has 2 rings (SSSR count). The van der Waals surface area contributed by atoms with Crippen molar-refractivity contribution >= 4 is 28.1 Å². The Labute approximate surface area is 129 Å². The lowest BCUT2D eigenvalue weighted by molar-refractivity contribution is -0.116. The van der Waals surface area contributed by atoms with Crippen LogP contribution in [0.3, 0.4) is 0 Å². The second kappa shape index (κ2) is 7.78. The summed E-state index contributed by atoms with van der Waals surface area (Å²) in [5, 5.41) is 5.44. The van der Waals surface area contributed by atoms with Gasteiger partial charge >= 0.3 is 0 Å². The number of nitrogens with zero attached hydrogens (tertiary/aromatic N) is 1. The van der Waals surface area contributed by atoms with Gasteiger partial charge in [0.25, 0.3) is 0 Å². The van der Waals surface area contributed by atoms with Gasteiger partial charge in [-0.05, 0) is 18.6 Å². The van der Waals surface area contributed by atoms with Crippen molar-refractivity contribution in [3.8, 4) is 11.3 Å². The van der Waals surface area contributed by atoms with Gasteiger partial charge in [0.1, 0.15) is 0 Å². The number of thiazole rings is 1. The van der Waals surface area contributed by atoms with Crippen molar-refractivity contribution < 1.29 is 4.79 Å². The maximum absolute atomic E-state index is 11.8. The highest BCUT2D eigenvalue weighted by Crippen LogP contribution is 2.26. The van der Waals surface area contributed by atoms with E-state index in [9.17, 15) is 4.79 Å². The molecule has 0 radical (unpaired) electrons. The van der Waals surface area contributed by atoms with Crippen LogP contribution in [0, 0.1) is 0 Å². The van der Waals surface area contributed by atoms with Crippen LogP contribution in [0.15, 0.2) is 29.6 Å². The summed E-state index contributed by atoms with van der Waals surface area (Å²) in [6.07, 6.45) is 4.97. The topological polar surface area (TPSA) is 68.0 Å². The number of rotatable bonds is 7. The Kier molecular flexibility index (Phi) is 5.75. The maximum Gasteiger partial charge on any atom is 0.226 e. The van der Waals surface area contributed by atoms with E-state index in [1.165, 1.54) is 24.2 Å². The van der Waals surface area contributed by atoms with Crippen LogP contribution >= 0.6 is 11.3 Å². The van der Waals surface area contributed by atoms with E-state index < -0.39 is 0 Å². The SMILES string of the molecule is CCCCCCC(=O)Nc1nc(-c2cccc(N)c2)cs1. The average Bonchev–Trinajstić information content (AvgIpc) is 2.92. The number of hydrogen-bond donors (Lipinski definition) is 2. The molecule has 0 saturated heterocycles. The molecule has 0 atom stereocenters. The van der Waals surface area contributed by atoms with E-state index in [-0.39, 0.29) is 5.91 Å². The number of anilines is 2. The molecule has 21 heavy (non-hydrogen) atoms. The molecule has 3 N–H and O–H groups in total. The van der Waals surface area contributed by atoms with E-state index in [0.717, 1.165) is 24.1 Å². The predicted octanol–water partition coefficient (Wildman–Crippen LogP) is 4.30. The number of carbonyl (C=O) groups excluding carboxylic acids is 1. The first-order chi connectivity index (χ1) is 10.2. The zero-order valence-corrected chi connectivity index (χ0v) is 13.1. The second-order valence-corrected chi connectivity index (χ2v) is 5.88. The van der Waals surface area contributed by atoms with Gasteiger partial charge in [-0.1, -0.05) is 38.3 Å². The molecule has 0 aliphatic heterocycles. The van der Waals surface area contributed by atoms with Crippen LogP contribution in [0.2, 0.25) is 0 Å². The van der Waals surface area contributed by atoms with E-state index in [1.807, 2.05) is 29.6 Å². The standard InChI is InChI=1S/C16H21N3OS/c1-2-3-4-5-9-15(20)19-16-18-14(11-21-16)12-7-6-8-13(17)10-12/h6-8,10-11H,2-5,9,17H2,1H3,(H,18,19,20). The zero-order chi connectivity index (χ0) is 15.1. The predicted molar refractivity (Wildman–Crippen MR) is 89.4 cm³/mol. The summed E-state index contributed by atoms with van der Waals surface area (Å²) in [6.45, 7) is 2.16. The molecule has 0 aliphatic rings. The lowest BCUT2D eigenvalue weighted by Gasteiger charge is -2.01. The third-order valence-corrected chi connectivity index (χ3v) is 3.95. The first kappa shape index (κ1) is 15.5. The molecule has 112 valence electrons. The fraction of sp³-hybridized carbons (Fsp3) is 0.375. The third-order valence-electron chi connectivity index (χ3n) is 3.19. The second-order valence-electron chi connectivity index (χ2n) is 5.02. The minimum atomic E-state index is 0.0413. The molecule has 0 aliphatic carbocycles. The van der Waals surface area contributed by atoms with Gasteiger partial charge in [-0.3, -0.25) is 4.79 Å². The smallest absolute Gasteiger partial charge is 0.226 e. The van der Waals surface area contributed by atoms with Crippen molar-refractivity contribution in [2.75, 3.05) is 11.1 Å². The first-order valence-electron chi connectivity index (χ1n) is 7.30. The Hall–Kier alpha value is -1.88. The van der Waals surface area contributed by atoms with Crippen LogP contribution in [0.5, 0.6) is 0 Å². The summed E-state index contributed by atoms with van der Waals surface area (Å²) < 4.78 is 0. The molecule has 0 saturated carbocycles. The largest absolute Gasteiger partial charge is 0.399 e. The Morgan fingerprint density at radius 1 is 1.33 bits per heavy atom. The molecule has 1 amide bonds. The van der Waals surface area contributed by atoms with Crippen LogP contribution in [-0.2, 0) is 4.79 Å². The summed E-state index contributed by atoms with van der Waals surface area (Å²) in [4.78, 5) is 16.2. The summed E-state index contributed by atoms with van der Waals surface area (Å²) >= 11 is 1.44. The highest BCUT2D eigenvalue weighted by atomic mass is 32.1. The van der Waals surface area contributed by atoms with Crippen molar-refractivity contribution in [3.05, 3.63) is 29.6 Å². The number of nitrogens with one attached hydrogen (secondary N) is 1. The quantitative estimate of drug-likeness (QED) is 0.592. The van der Waals surface area contributed by atoms with Gasteiger partial charge in [0.05, 0.1) is 5.69 Å². The summed E-state index contributed by atoms with van der Waals surface area (Å²) in [5.41, 5.74) is 8.29. The molecule has 1 aromatic heterocycles. The van der Waals surface area contributed by atoms with Crippen molar-refractivity contribution in [2.24, 2.45) is 0 Å². The highest BCUT2D eigenvalue weighted by molar-refractivity contribution is 7.14. The normalized spacial score (nSPS) is 10.5. The Bertz CT molecular complexity index is 595. The third kappa shape index (κ3) is 4.86. The van der Waals surface area contributed by atoms with Crippen molar-refractivity contribution in [2.45, 2.75) is 39.0 Å². The molecule has 5 heteroatoms. The fourth-order valence-corrected chi connectivity index (χ4v) is 2.79. The van der Waals surface area contributed by atoms with Gasteiger partial charge in [-0.15, -0.1) is 11.3 Å². The maximum atomic E-state index is 11.8. The summed E-state index contributed by atoms with van der Waals surface area (Å²) in [6, 6.07) is 7.58. The van der Waals surface area contributed by atoms with Gasteiger partial charge in [0.2, 0.25) is 5.91 Å². The number of unbranched alkanes of at least 4 members (excludes halogenated alkanes) is 3. The zero-order valence-electron chi connectivity index (χ0n) is 12.3. The molecular weight excluding hydrogens is 282 g/mol. The molecule has 0 bridgehead atoms. The molecule has 1 aromatic carbocycles. The Morgan fingerprint density at radius 2 is 2.19 bits per heavy atom. The van der Waals surface area contributed by atoms with Gasteiger partial charge < -0.3 is 11.1 Å². The fourth-order valence-electron chi connectivity index (χ4n) is 2.06. The Balaban J connectivity index is 1.90. The van der Waals surface area contributed by atoms with Crippen LogP contribution in [-0.4, -0.2) is 10.9 Å². The van der Waals surface area contributed by atoms with Crippen molar-refractivity contribution in [1.29, 1.82) is 0 Å². The summed E-state index contributed by atoms with van der Waals surface area (Å²) in [5.74, 6) is 0.0413. The van der Waals surface area contributed by atoms with Crippen LogP contribution < -0.4 is 11.1 Å². The number of benzene rings is 1. The lowest BCUT2D eigenvalue weighted by atomic mass is 10.1. The van der Waals surface area contributed by atoms with Crippen molar-refractivity contribution in [3.63, 3.8) is 0 Å². The number of nitrogen functional groups attached to an aromatic ring is 1. The van der Waals surface area contributed by atoms with Gasteiger partial charge in [-0.25, -0.2) is 4.98 Å². The molecule has 0 spiro atoms. The van der Waals surface area contributed by atoms with E-state index in [4.69, 9.17) is 5.73 Å². The first-order valence-corrected chi connectivity index (χ1v) is 8.18. The van der Waals surface area contributed by atoms with E-state index >= 15 is 0 Å². The van der Waals surface area contributed by atoms with E-state index in [1.54, 1.807) is 0 Å². The number of carbonyl (C=O) groups is 1. The van der Waals surface area contributed by atoms with Crippen LogP contribution in [0.1, 0.15) is 39.0 Å². The molecule has 1 heterocycles. The molecular formula is C16H21N3OS. The van der Waals surface area contributed by atoms with Crippen molar-refractivity contribution in [1.82, 2.24) is 4.98 Å². The monoisotopic (exact) mass is 303 g/mol. The van der Waals surface area contributed by atoms with Gasteiger partial charge in [0, 0.05) is 23.1 Å². The van der Waals surface area contributed by atoms with Crippen LogP contribution in [0.25, 0.3) is 11.3 Å². The number of amides is 1. The van der Waals surface area contributed by atoms with Crippen LogP contribution in [0.4, 0.5) is 10.8 Å².